The number of nitrogens with one attached hydrogen (secondary N) is 1. The zero-order valence-corrected chi connectivity index (χ0v) is 18.8. The Hall–Kier alpha value is -3.19. The molecular weight excluding hydrogens is 456 g/mol. The summed E-state index contributed by atoms with van der Waals surface area (Å²) in [6.07, 6.45) is -2.03. The number of alkyl halides is 2. The molecular formula is C20H23F2N7O3S. The van der Waals surface area contributed by atoms with Crippen LogP contribution in [-0.2, 0) is 16.6 Å². The molecule has 1 aliphatic rings. The van der Waals surface area contributed by atoms with Gasteiger partial charge in [-0.3, -0.25) is 0 Å². The highest BCUT2D eigenvalue weighted by Crippen LogP contribution is 2.24. The quantitative estimate of drug-likeness (QED) is 0.522. The number of hydrogen-bond donors (Lipinski definition) is 1. The number of aryl methyl sites for hydroxylation is 1. The van der Waals surface area contributed by atoms with Crippen molar-refractivity contribution in [1.82, 2.24) is 29.9 Å². The summed E-state index contributed by atoms with van der Waals surface area (Å²) in [4.78, 5) is 1.86. The third kappa shape index (κ3) is 4.93. The fourth-order valence-corrected chi connectivity index (χ4v) is 4.69. The molecule has 1 atom stereocenters. The van der Waals surface area contributed by atoms with Gasteiger partial charge in [-0.05, 0) is 38.6 Å². The molecule has 0 saturated carbocycles. The number of benzene rings is 1. The largest absolute Gasteiger partial charge is 0.470 e. The number of anilines is 1. The molecule has 10 nitrogen and oxygen atoms in total. The SMILES string of the molecule is CNS(=O)(=O)C1CCN(c2ccc(OCc3c(C)nnn3-c3ccc(C(F)F)cc3)nn2)C1. The predicted molar refractivity (Wildman–Crippen MR) is 116 cm³/mol. The Balaban J connectivity index is 1.42. The third-order valence-corrected chi connectivity index (χ3v) is 7.35. The summed E-state index contributed by atoms with van der Waals surface area (Å²) < 4.78 is 59.2. The Morgan fingerprint density at radius 3 is 2.55 bits per heavy atom. The molecule has 13 heteroatoms. The lowest BCUT2D eigenvalue weighted by atomic mass is 10.2. The van der Waals surface area contributed by atoms with Crippen molar-refractivity contribution in [1.29, 1.82) is 0 Å². The lowest BCUT2D eigenvalue weighted by Gasteiger charge is -2.17. The average molecular weight is 480 g/mol. The summed E-state index contributed by atoms with van der Waals surface area (Å²) in [5, 5.41) is 15.9. The predicted octanol–water partition coefficient (Wildman–Crippen LogP) is 2.01. The van der Waals surface area contributed by atoms with Crippen molar-refractivity contribution in [2.45, 2.75) is 31.6 Å². The van der Waals surface area contributed by atoms with Crippen LogP contribution in [0.1, 0.15) is 29.8 Å². The van der Waals surface area contributed by atoms with E-state index in [2.05, 4.69) is 25.2 Å². The Morgan fingerprint density at radius 1 is 1.15 bits per heavy atom. The molecule has 1 saturated heterocycles. The first-order chi connectivity index (χ1) is 15.8. The van der Waals surface area contributed by atoms with Gasteiger partial charge in [-0.15, -0.1) is 15.3 Å². The molecule has 33 heavy (non-hydrogen) atoms. The minimum absolute atomic E-state index is 0.0726. The van der Waals surface area contributed by atoms with Gasteiger partial charge in [0.1, 0.15) is 12.3 Å². The fourth-order valence-electron chi connectivity index (χ4n) is 3.57. The van der Waals surface area contributed by atoms with E-state index in [1.165, 1.54) is 23.9 Å². The van der Waals surface area contributed by atoms with Crippen LogP contribution in [0, 0.1) is 6.92 Å². The molecule has 2 aromatic heterocycles. The first-order valence-corrected chi connectivity index (χ1v) is 11.8. The van der Waals surface area contributed by atoms with Crippen LogP contribution in [0.5, 0.6) is 5.88 Å². The maximum Gasteiger partial charge on any atom is 0.263 e. The van der Waals surface area contributed by atoms with Gasteiger partial charge in [-0.1, -0.05) is 17.3 Å². The number of ether oxygens (including phenoxy) is 1. The summed E-state index contributed by atoms with van der Waals surface area (Å²) in [7, 11) is -1.93. The smallest absolute Gasteiger partial charge is 0.263 e. The normalized spacial score (nSPS) is 16.5. The van der Waals surface area contributed by atoms with E-state index < -0.39 is 21.7 Å². The minimum Gasteiger partial charge on any atom is -0.470 e. The number of rotatable bonds is 8. The number of sulfonamides is 1. The van der Waals surface area contributed by atoms with Crippen LogP contribution in [0.3, 0.4) is 0 Å². The topological polar surface area (TPSA) is 115 Å². The molecule has 0 spiro atoms. The second kappa shape index (κ2) is 9.35. The van der Waals surface area contributed by atoms with E-state index in [0.29, 0.717) is 42.4 Å². The maximum atomic E-state index is 12.8. The van der Waals surface area contributed by atoms with Crippen molar-refractivity contribution in [3.63, 3.8) is 0 Å². The molecule has 4 rings (SSSR count). The summed E-state index contributed by atoms with van der Waals surface area (Å²) in [6, 6.07) is 9.16. The molecule has 1 aliphatic heterocycles. The molecule has 1 unspecified atom stereocenters. The maximum absolute atomic E-state index is 12.8. The molecule has 1 aromatic carbocycles. The first-order valence-electron chi connectivity index (χ1n) is 10.2. The van der Waals surface area contributed by atoms with Crippen molar-refractivity contribution in [3.05, 3.63) is 53.3 Å². The van der Waals surface area contributed by atoms with Crippen LogP contribution in [0.15, 0.2) is 36.4 Å². The highest BCUT2D eigenvalue weighted by atomic mass is 32.2. The summed E-state index contributed by atoms with van der Waals surface area (Å²) in [5.41, 5.74) is 1.79. The fraction of sp³-hybridized carbons (Fsp3) is 0.400. The van der Waals surface area contributed by atoms with Gasteiger partial charge >= 0.3 is 0 Å². The summed E-state index contributed by atoms with van der Waals surface area (Å²) in [6.45, 7) is 2.77. The van der Waals surface area contributed by atoms with Gasteiger partial charge in [0.05, 0.1) is 16.6 Å². The van der Waals surface area contributed by atoms with Gasteiger partial charge in [0.15, 0.2) is 5.82 Å². The van der Waals surface area contributed by atoms with E-state index >= 15 is 0 Å². The van der Waals surface area contributed by atoms with Gasteiger partial charge in [0.25, 0.3) is 6.43 Å². The second-order valence-corrected chi connectivity index (χ2v) is 9.71. The lowest BCUT2D eigenvalue weighted by Crippen LogP contribution is -2.34. The van der Waals surface area contributed by atoms with E-state index in [9.17, 15) is 17.2 Å². The molecule has 176 valence electrons. The molecule has 0 radical (unpaired) electrons. The van der Waals surface area contributed by atoms with E-state index in [0.717, 1.165) is 0 Å². The monoisotopic (exact) mass is 479 g/mol. The highest BCUT2D eigenvalue weighted by molar-refractivity contribution is 7.90. The van der Waals surface area contributed by atoms with E-state index in [1.807, 2.05) is 4.90 Å². The number of halogens is 2. The molecule has 1 fully saturated rings. The van der Waals surface area contributed by atoms with Crippen LogP contribution in [0.25, 0.3) is 5.69 Å². The van der Waals surface area contributed by atoms with Crippen molar-refractivity contribution < 1.29 is 21.9 Å². The van der Waals surface area contributed by atoms with E-state index in [4.69, 9.17) is 4.74 Å². The third-order valence-electron chi connectivity index (χ3n) is 5.52. The molecule has 3 aromatic rings. The van der Waals surface area contributed by atoms with Crippen LogP contribution in [0.4, 0.5) is 14.6 Å². The average Bonchev–Trinajstić information content (AvgIpc) is 3.46. The number of aromatic nitrogens is 5. The first kappa shape index (κ1) is 23.0. The van der Waals surface area contributed by atoms with Crippen LogP contribution < -0.4 is 14.4 Å². The Bertz CT molecular complexity index is 1200. The lowest BCUT2D eigenvalue weighted by molar-refractivity contribution is 0.151. The van der Waals surface area contributed by atoms with Crippen molar-refractivity contribution >= 4 is 15.8 Å². The van der Waals surface area contributed by atoms with Gasteiger partial charge < -0.3 is 9.64 Å². The number of hydrogen-bond acceptors (Lipinski definition) is 8. The Kier molecular flexibility index (Phi) is 6.51. The molecule has 3 heterocycles. The van der Waals surface area contributed by atoms with E-state index in [-0.39, 0.29) is 18.1 Å². The molecule has 1 N–H and O–H groups in total. The van der Waals surface area contributed by atoms with Gasteiger partial charge in [0.2, 0.25) is 15.9 Å². The van der Waals surface area contributed by atoms with E-state index in [1.54, 1.807) is 31.2 Å². The molecule has 0 aliphatic carbocycles. The van der Waals surface area contributed by atoms with Gasteiger partial charge in [-0.25, -0.2) is 26.6 Å². The Morgan fingerprint density at radius 2 is 1.91 bits per heavy atom. The van der Waals surface area contributed by atoms with Crippen LogP contribution in [0.2, 0.25) is 0 Å². The van der Waals surface area contributed by atoms with Crippen LogP contribution in [-0.4, -0.2) is 59.0 Å². The van der Waals surface area contributed by atoms with Crippen molar-refractivity contribution in [3.8, 4) is 11.6 Å². The molecule has 0 bridgehead atoms. The summed E-state index contributed by atoms with van der Waals surface area (Å²) >= 11 is 0. The Labute approximate surface area is 189 Å². The zero-order chi connectivity index (χ0) is 23.6. The van der Waals surface area contributed by atoms with Gasteiger partial charge in [-0.2, -0.15) is 0 Å². The second-order valence-electron chi connectivity index (χ2n) is 7.55. The van der Waals surface area contributed by atoms with Crippen LogP contribution >= 0.6 is 0 Å². The summed E-state index contributed by atoms with van der Waals surface area (Å²) in [5.74, 6) is 0.843. The minimum atomic E-state index is -3.33. The highest BCUT2D eigenvalue weighted by Gasteiger charge is 2.32. The van der Waals surface area contributed by atoms with Gasteiger partial charge in [0, 0.05) is 24.7 Å². The number of nitrogens with zero attached hydrogens (tertiary/aromatic N) is 6. The van der Waals surface area contributed by atoms with Crippen molar-refractivity contribution in [2.75, 3.05) is 25.0 Å². The molecule has 0 amide bonds. The zero-order valence-electron chi connectivity index (χ0n) is 18.0. The van der Waals surface area contributed by atoms with Crippen molar-refractivity contribution in [2.24, 2.45) is 0 Å². The standard InChI is InChI=1S/C20H23F2N7O3S/c1-13-17(29(27-24-13)15-5-3-14(4-6-15)20(21)22)12-32-19-8-7-18(25-26-19)28-10-9-16(11-28)33(30,31)23-2/h3-8,16,20,23H,9-12H2,1-2H3.